The molecule has 1 N–H and O–H groups in total. The Bertz CT molecular complexity index is 447. The molecule has 6 heteroatoms. The summed E-state index contributed by atoms with van der Waals surface area (Å²) in [5, 5.41) is 3.15. The Hall–Kier alpha value is -1.69. The first kappa shape index (κ1) is 15.7. The number of nitrogens with zero attached hydrogens (tertiary/aromatic N) is 3. The van der Waals surface area contributed by atoms with E-state index in [1.807, 2.05) is 4.90 Å². The van der Waals surface area contributed by atoms with Crippen molar-refractivity contribution >= 4 is 11.7 Å². The molecule has 1 atom stereocenters. The summed E-state index contributed by atoms with van der Waals surface area (Å²) in [4.78, 5) is 22.8. The molecule has 1 aliphatic heterocycles. The highest BCUT2D eigenvalue weighted by atomic mass is 16.5. The number of hydrogen-bond acceptors (Lipinski definition) is 5. The van der Waals surface area contributed by atoms with Gasteiger partial charge in [-0.05, 0) is 25.2 Å². The highest BCUT2D eigenvalue weighted by molar-refractivity contribution is 5.92. The van der Waals surface area contributed by atoms with Crippen molar-refractivity contribution in [1.29, 1.82) is 0 Å². The molecular weight excluding hydrogens is 268 g/mol. The molecule has 1 aromatic heterocycles. The number of anilines is 1. The number of ether oxygens (including phenoxy) is 1. The molecule has 116 valence electrons. The van der Waals surface area contributed by atoms with E-state index in [1.165, 1.54) is 0 Å². The van der Waals surface area contributed by atoms with Gasteiger partial charge in [0.25, 0.3) is 5.91 Å². The van der Waals surface area contributed by atoms with Crippen molar-refractivity contribution in [3.8, 4) is 0 Å². The van der Waals surface area contributed by atoms with Crippen LogP contribution in [0.2, 0.25) is 0 Å². The third-order valence-corrected chi connectivity index (χ3v) is 3.64. The number of rotatable bonds is 6. The average molecular weight is 292 g/mol. The van der Waals surface area contributed by atoms with Crippen LogP contribution in [0.4, 0.5) is 5.82 Å². The first-order chi connectivity index (χ1) is 10.2. The second-order valence-electron chi connectivity index (χ2n) is 5.43. The monoisotopic (exact) mass is 292 g/mol. The highest BCUT2D eigenvalue weighted by Gasteiger charge is 2.25. The number of carbonyl (C=O) groups is 1. The van der Waals surface area contributed by atoms with E-state index in [0.29, 0.717) is 24.0 Å². The Morgan fingerprint density at radius 2 is 2.33 bits per heavy atom. The van der Waals surface area contributed by atoms with Gasteiger partial charge in [0.2, 0.25) is 0 Å². The minimum Gasteiger partial charge on any atom is -0.384 e. The highest BCUT2D eigenvalue weighted by Crippen LogP contribution is 2.18. The first-order valence-electron chi connectivity index (χ1n) is 7.58. The molecule has 1 fully saturated rings. The minimum absolute atomic E-state index is 0.0367. The molecular formula is C15H24N4O2. The van der Waals surface area contributed by atoms with Crippen molar-refractivity contribution in [3.05, 3.63) is 18.1 Å². The topological polar surface area (TPSA) is 67.4 Å². The van der Waals surface area contributed by atoms with E-state index in [9.17, 15) is 4.79 Å². The van der Waals surface area contributed by atoms with Crippen molar-refractivity contribution < 1.29 is 9.53 Å². The van der Waals surface area contributed by atoms with Crippen molar-refractivity contribution in [2.75, 3.05) is 38.7 Å². The second kappa shape index (κ2) is 7.93. The molecule has 0 aliphatic carbocycles. The number of hydrogen-bond donors (Lipinski definition) is 1. The van der Waals surface area contributed by atoms with Gasteiger partial charge in [0.05, 0.1) is 19.0 Å². The molecule has 0 radical (unpaired) electrons. The van der Waals surface area contributed by atoms with Crippen LogP contribution >= 0.6 is 0 Å². The van der Waals surface area contributed by atoms with Crippen LogP contribution < -0.4 is 5.32 Å². The van der Waals surface area contributed by atoms with Crippen LogP contribution in [0.1, 0.15) is 36.7 Å². The summed E-state index contributed by atoms with van der Waals surface area (Å²) in [6.45, 7) is 5.17. The Labute approximate surface area is 125 Å². The van der Waals surface area contributed by atoms with Crippen LogP contribution in [0, 0.1) is 5.92 Å². The largest absolute Gasteiger partial charge is 0.384 e. The van der Waals surface area contributed by atoms with Gasteiger partial charge in [-0.2, -0.15) is 0 Å². The summed E-state index contributed by atoms with van der Waals surface area (Å²) < 4.78 is 5.19. The lowest BCUT2D eigenvalue weighted by molar-refractivity contribution is 0.0565. The maximum Gasteiger partial charge on any atom is 0.274 e. The molecule has 2 heterocycles. The van der Waals surface area contributed by atoms with Gasteiger partial charge >= 0.3 is 0 Å². The maximum absolute atomic E-state index is 12.4. The van der Waals surface area contributed by atoms with Gasteiger partial charge in [-0.15, -0.1) is 0 Å². The lowest BCUT2D eigenvalue weighted by Gasteiger charge is -2.32. The van der Waals surface area contributed by atoms with E-state index < -0.39 is 0 Å². The molecule has 0 bridgehead atoms. The van der Waals surface area contributed by atoms with Crippen LogP contribution in [0.15, 0.2) is 12.4 Å². The molecule has 0 saturated carbocycles. The fraction of sp³-hybridized carbons (Fsp3) is 0.667. The van der Waals surface area contributed by atoms with Crippen LogP contribution in [0.5, 0.6) is 0 Å². The number of aromatic nitrogens is 2. The van der Waals surface area contributed by atoms with E-state index in [1.54, 1.807) is 19.5 Å². The lowest BCUT2D eigenvalue weighted by Crippen LogP contribution is -2.41. The van der Waals surface area contributed by atoms with E-state index in [-0.39, 0.29) is 5.91 Å². The van der Waals surface area contributed by atoms with Crippen LogP contribution in [-0.2, 0) is 4.74 Å². The number of amides is 1. The Kier molecular flexibility index (Phi) is 5.92. The quantitative estimate of drug-likeness (QED) is 0.866. The molecule has 1 aromatic rings. The number of likely N-dealkylation sites (tertiary alicyclic amines) is 1. The van der Waals surface area contributed by atoms with Gasteiger partial charge in [0, 0.05) is 26.7 Å². The average Bonchev–Trinajstić information content (AvgIpc) is 2.53. The van der Waals surface area contributed by atoms with Crippen molar-refractivity contribution in [2.24, 2.45) is 5.92 Å². The molecule has 0 spiro atoms. The molecule has 1 amide bonds. The van der Waals surface area contributed by atoms with E-state index in [0.717, 1.165) is 38.9 Å². The molecule has 1 aliphatic rings. The van der Waals surface area contributed by atoms with Gasteiger partial charge in [0.1, 0.15) is 11.5 Å². The minimum atomic E-state index is -0.0367. The van der Waals surface area contributed by atoms with E-state index in [2.05, 4.69) is 22.2 Å². The fourth-order valence-corrected chi connectivity index (χ4v) is 2.57. The van der Waals surface area contributed by atoms with E-state index in [4.69, 9.17) is 4.74 Å². The lowest BCUT2D eigenvalue weighted by atomic mass is 9.99. The van der Waals surface area contributed by atoms with E-state index >= 15 is 0 Å². The van der Waals surface area contributed by atoms with Crippen LogP contribution in [-0.4, -0.2) is 54.1 Å². The smallest absolute Gasteiger partial charge is 0.274 e. The predicted octanol–water partition coefficient (Wildman–Crippen LogP) is 1.80. The summed E-state index contributed by atoms with van der Waals surface area (Å²) in [5.41, 5.74) is 0.412. The Morgan fingerprint density at radius 1 is 1.48 bits per heavy atom. The third kappa shape index (κ3) is 4.39. The Morgan fingerprint density at radius 3 is 3.00 bits per heavy atom. The van der Waals surface area contributed by atoms with Gasteiger partial charge in [-0.3, -0.25) is 4.79 Å². The number of methoxy groups -OCH3 is 1. The standard InChI is InChI=1S/C15H24N4O2/c1-3-6-16-14-9-17-13(8-18-14)15(20)19-7-4-5-12(10-19)11-21-2/h8-9,12H,3-7,10-11H2,1-2H3,(H,16,18). The first-order valence-corrected chi connectivity index (χ1v) is 7.58. The molecule has 2 rings (SSSR count). The zero-order valence-corrected chi connectivity index (χ0v) is 12.8. The van der Waals surface area contributed by atoms with Crippen LogP contribution in [0.3, 0.4) is 0 Å². The molecule has 1 unspecified atom stereocenters. The summed E-state index contributed by atoms with van der Waals surface area (Å²) >= 11 is 0. The van der Waals surface area contributed by atoms with Crippen molar-refractivity contribution in [3.63, 3.8) is 0 Å². The zero-order chi connectivity index (χ0) is 15.1. The third-order valence-electron chi connectivity index (χ3n) is 3.64. The predicted molar refractivity (Wildman–Crippen MR) is 81.3 cm³/mol. The second-order valence-corrected chi connectivity index (χ2v) is 5.43. The number of carbonyl (C=O) groups excluding carboxylic acids is 1. The maximum atomic E-state index is 12.4. The molecule has 1 saturated heterocycles. The van der Waals surface area contributed by atoms with Crippen molar-refractivity contribution in [1.82, 2.24) is 14.9 Å². The van der Waals surface area contributed by atoms with Crippen molar-refractivity contribution in [2.45, 2.75) is 26.2 Å². The Balaban J connectivity index is 1.95. The zero-order valence-electron chi connectivity index (χ0n) is 12.8. The fourth-order valence-electron chi connectivity index (χ4n) is 2.57. The summed E-state index contributed by atoms with van der Waals surface area (Å²) in [7, 11) is 1.70. The van der Waals surface area contributed by atoms with Gasteiger partial charge in [-0.1, -0.05) is 6.92 Å². The summed E-state index contributed by atoms with van der Waals surface area (Å²) in [6, 6.07) is 0. The van der Waals surface area contributed by atoms with Gasteiger partial charge in [0.15, 0.2) is 0 Å². The number of nitrogens with one attached hydrogen (secondary N) is 1. The normalized spacial score (nSPS) is 18.6. The van der Waals surface area contributed by atoms with Gasteiger partial charge < -0.3 is 15.0 Å². The summed E-state index contributed by atoms with van der Waals surface area (Å²) in [5.74, 6) is 1.10. The van der Waals surface area contributed by atoms with Gasteiger partial charge in [-0.25, -0.2) is 9.97 Å². The molecule has 6 nitrogen and oxygen atoms in total. The van der Waals surface area contributed by atoms with Crippen LogP contribution in [0.25, 0.3) is 0 Å². The number of piperidine rings is 1. The summed E-state index contributed by atoms with van der Waals surface area (Å²) in [6.07, 6.45) is 6.34. The SMILES string of the molecule is CCCNc1cnc(C(=O)N2CCCC(COC)C2)cn1. The molecule has 0 aromatic carbocycles. The molecule has 21 heavy (non-hydrogen) atoms.